The molecule has 0 aromatic carbocycles. The molecule has 2 saturated heterocycles. The largest absolute Gasteiger partial charge is 0.394 e. The lowest BCUT2D eigenvalue weighted by Crippen LogP contribution is -2.65. The molecule has 2 rings (SSSR count). The highest BCUT2D eigenvalue weighted by Gasteiger charge is 2.51. The smallest absolute Gasteiger partial charge is 0.220 e. The molecule has 12 unspecified atom stereocenters. The number of hydrogen-bond donors (Lipinski definition) is 9. The summed E-state index contributed by atoms with van der Waals surface area (Å²) in [6.07, 6.45) is 49.9. The van der Waals surface area contributed by atoms with Gasteiger partial charge in [0.1, 0.15) is 48.8 Å². The molecular weight excluding hydrogens is 1010 g/mol. The summed E-state index contributed by atoms with van der Waals surface area (Å²) in [4.78, 5) is 13.3. The van der Waals surface area contributed by atoms with Crippen LogP contribution in [0.4, 0.5) is 0 Å². The predicted octanol–water partition coefficient (Wildman–Crippen LogP) is 12.1. The van der Waals surface area contributed by atoms with E-state index in [1.54, 1.807) is 6.08 Å². The molecule has 14 nitrogen and oxygen atoms in total. The van der Waals surface area contributed by atoms with Crippen molar-refractivity contribution in [2.75, 3.05) is 19.8 Å². The van der Waals surface area contributed by atoms with Gasteiger partial charge in [-0.15, -0.1) is 0 Å². The van der Waals surface area contributed by atoms with Crippen LogP contribution in [0.1, 0.15) is 258 Å². The third kappa shape index (κ3) is 35.7. The zero-order chi connectivity index (χ0) is 58.1. The second-order valence-corrected chi connectivity index (χ2v) is 22.9. The number of allylic oxidation sites excluding steroid dienone is 9. The second-order valence-electron chi connectivity index (χ2n) is 22.9. The lowest BCUT2D eigenvalue weighted by atomic mass is 9.97. The van der Waals surface area contributed by atoms with Crippen LogP contribution in [-0.2, 0) is 23.7 Å². The highest BCUT2D eigenvalue weighted by Crippen LogP contribution is 2.30. The van der Waals surface area contributed by atoms with E-state index in [0.29, 0.717) is 12.8 Å². The third-order valence-corrected chi connectivity index (χ3v) is 15.7. The molecule has 0 aromatic heterocycles. The normalized spacial score (nSPS) is 24.6. The zero-order valence-corrected chi connectivity index (χ0v) is 50.3. The highest BCUT2D eigenvalue weighted by atomic mass is 16.7. The van der Waals surface area contributed by atoms with Crippen LogP contribution in [0, 0.1) is 0 Å². The molecule has 9 N–H and O–H groups in total. The van der Waals surface area contributed by atoms with E-state index in [9.17, 15) is 45.6 Å². The van der Waals surface area contributed by atoms with E-state index in [1.807, 2.05) is 6.08 Å². The maximum Gasteiger partial charge on any atom is 0.220 e. The molecule has 0 aliphatic carbocycles. The molecule has 14 heteroatoms. The van der Waals surface area contributed by atoms with E-state index >= 15 is 0 Å². The van der Waals surface area contributed by atoms with Gasteiger partial charge < -0.3 is 65.1 Å². The molecule has 2 heterocycles. The number of nitrogens with one attached hydrogen (secondary N) is 1. The number of amides is 1. The summed E-state index contributed by atoms with van der Waals surface area (Å²) in [6, 6.07) is -0.945. The van der Waals surface area contributed by atoms with Crippen molar-refractivity contribution in [3.63, 3.8) is 0 Å². The lowest BCUT2D eigenvalue weighted by molar-refractivity contribution is -0.359. The van der Waals surface area contributed by atoms with Gasteiger partial charge in [0.05, 0.1) is 32.0 Å². The van der Waals surface area contributed by atoms with Crippen LogP contribution in [0.2, 0.25) is 0 Å². The van der Waals surface area contributed by atoms with Gasteiger partial charge in [-0.25, -0.2) is 0 Å². The van der Waals surface area contributed by atoms with E-state index in [4.69, 9.17) is 18.9 Å². The molecule has 2 aliphatic heterocycles. The quantitative estimate of drug-likeness (QED) is 0.0204. The Morgan fingerprint density at radius 2 is 0.838 bits per heavy atom. The number of aliphatic hydroxyl groups excluding tert-OH is 8. The predicted molar refractivity (Wildman–Crippen MR) is 323 cm³/mol. The first-order valence-electron chi connectivity index (χ1n) is 32.5. The van der Waals surface area contributed by atoms with Crippen LogP contribution < -0.4 is 5.32 Å². The summed E-state index contributed by atoms with van der Waals surface area (Å²) in [6.45, 7) is 2.77. The lowest BCUT2D eigenvalue weighted by Gasteiger charge is -2.46. The van der Waals surface area contributed by atoms with Crippen LogP contribution in [0.3, 0.4) is 0 Å². The van der Waals surface area contributed by atoms with Crippen LogP contribution in [0.5, 0.6) is 0 Å². The van der Waals surface area contributed by atoms with Crippen LogP contribution in [0.25, 0.3) is 0 Å². The van der Waals surface area contributed by atoms with Crippen LogP contribution in [0.15, 0.2) is 60.8 Å². The molecule has 2 fully saturated rings. The van der Waals surface area contributed by atoms with Gasteiger partial charge in [0.15, 0.2) is 12.6 Å². The topological polar surface area (TPSA) is 228 Å². The van der Waals surface area contributed by atoms with E-state index in [-0.39, 0.29) is 18.9 Å². The molecule has 0 aromatic rings. The molecule has 0 saturated carbocycles. The van der Waals surface area contributed by atoms with E-state index in [1.165, 1.54) is 161 Å². The summed E-state index contributed by atoms with van der Waals surface area (Å²) in [7, 11) is 0. The molecule has 0 radical (unpaired) electrons. The average Bonchev–Trinajstić information content (AvgIpc) is 3.46. The van der Waals surface area contributed by atoms with Crippen molar-refractivity contribution in [1.29, 1.82) is 0 Å². The van der Waals surface area contributed by atoms with Crippen molar-refractivity contribution in [2.45, 2.75) is 331 Å². The Labute approximate surface area is 486 Å². The highest BCUT2D eigenvalue weighted by molar-refractivity contribution is 5.76. The van der Waals surface area contributed by atoms with Gasteiger partial charge in [0.2, 0.25) is 5.91 Å². The Kier molecular flexibility index (Phi) is 47.2. The fraction of sp³-hybridized carbons (Fsp3) is 0.833. The van der Waals surface area contributed by atoms with Gasteiger partial charge in [-0.3, -0.25) is 4.79 Å². The number of rotatable bonds is 52. The molecule has 2 aliphatic rings. The molecular formula is C66H119NO13. The number of carbonyl (C=O) groups excluding carboxylic acids is 1. The maximum atomic E-state index is 13.3. The molecule has 466 valence electrons. The number of aliphatic hydroxyl groups is 8. The molecule has 80 heavy (non-hydrogen) atoms. The van der Waals surface area contributed by atoms with Crippen molar-refractivity contribution in [2.24, 2.45) is 0 Å². The third-order valence-electron chi connectivity index (χ3n) is 15.7. The minimum atomic E-state index is -1.80. The zero-order valence-electron chi connectivity index (χ0n) is 50.3. The Bertz CT molecular complexity index is 1570. The Hall–Kier alpha value is -2.31. The van der Waals surface area contributed by atoms with Crippen LogP contribution >= 0.6 is 0 Å². The van der Waals surface area contributed by atoms with Crippen LogP contribution in [-0.4, -0.2) is 140 Å². The number of carbonyl (C=O) groups is 1. The van der Waals surface area contributed by atoms with Crippen molar-refractivity contribution in [1.82, 2.24) is 5.32 Å². The van der Waals surface area contributed by atoms with Gasteiger partial charge in [0.25, 0.3) is 0 Å². The van der Waals surface area contributed by atoms with Crippen molar-refractivity contribution >= 4 is 5.91 Å². The minimum absolute atomic E-state index is 0.259. The fourth-order valence-electron chi connectivity index (χ4n) is 10.4. The minimum Gasteiger partial charge on any atom is -0.394 e. The monoisotopic (exact) mass is 1130 g/mol. The Morgan fingerprint density at radius 3 is 1.31 bits per heavy atom. The number of unbranched alkanes of at least 4 members (excludes halogenated alkanes) is 31. The van der Waals surface area contributed by atoms with Gasteiger partial charge in [-0.1, -0.05) is 235 Å². The molecule has 0 bridgehead atoms. The first-order valence-corrected chi connectivity index (χ1v) is 32.5. The van der Waals surface area contributed by atoms with Gasteiger partial charge in [-0.05, 0) is 77.0 Å². The molecule has 1 amide bonds. The molecule has 12 atom stereocenters. The first kappa shape index (κ1) is 73.8. The SMILES string of the molecule is CCCCCC/C=C\C/C=C\CCCCCCCCCC(=O)NC(COC1OC(CO)C(OC2OC(CO)C(O)C(O)C2O)C(O)C1O)C(O)/C=C/CC/C=C/CC/C=C/CCCCCCCCCCCCCCCCCCCC. The van der Waals surface area contributed by atoms with Crippen molar-refractivity contribution in [3.05, 3.63) is 60.8 Å². The standard InChI is InChI=1S/C66H119NO13/c1-3-5-7-9-11-13-15-17-19-21-23-24-25-26-27-28-29-30-31-32-33-35-37-39-41-43-45-47-49-55(70)54(67-58(71)50-48-46-44-42-40-38-36-34-22-20-18-16-14-12-10-8-6-4-2)53-77-65-63(76)61(74)64(57(52-69)79-65)80-66-62(75)60(73)59(72)56(51-68)78-66/h14,16,20,22,32-33,39,41,47,49,54-57,59-66,68-70,72-76H,3-13,15,17-19,21,23-31,34-38,40,42-46,48,50-53H2,1-2H3,(H,67,71)/b16-14-,22-20-,33-32+,41-39+,49-47+. The average molecular weight is 1130 g/mol. The van der Waals surface area contributed by atoms with Crippen molar-refractivity contribution in [3.8, 4) is 0 Å². The summed E-state index contributed by atoms with van der Waals surface area (Å²) in [5.74, 6) is -0.261. The number of hydrogen-bond acceptors (Lipinski definition) is 13. The van der Waals surface area contributed by atoms with Gasteiger partial charge in [0, 0.05) is 6.42 Å². The summed E-state index contributed by atoms with van der Waals surface area (Å²) in [5.41, 5.74) is 0. The second kappa shape index (κ2) is 51.1. The van der Waals surface area contributed by atoms with E-state index in [0.717, 1.165) is 64.2 Å². The summed E-state index contributed by atoms with van der Waals surface area (Å²) in [5, 5.41) is 87.2. The van der Waals surface area contributed by atoms with Gasteiger partial charge in [-0.2, -0.15) is 0 Å². The number of ether oxygens (including phenoxy) is 4. The Morgan fingerprint density at radius 1 is 0.450 bits per heavy atom. The maximum absolute atomic E-state index is 13.3. The summed E-state index contributed by atoms with van der Waals surface area (Å²) >= 11 is 0. The van der Waals surface area contributed by atoms with Crippen molar-refractivity contribution < 1.29 is 64.6 Å². The van der Waals surface area contributed by atoms with Gasteiger partial charge >= 0.3 is 0 Å². The van der Waals surface area contributed by atoms with E-state index in [2.05, 4.69) is 67.8 Å². The summed E-state index contributed by atoms with van der Waals surface area (Å²) < 4.78 is 22.8. The fourth-order valence-corrected chi connectivity index (χ4v) is 10.4. The first-order chi connectivity index (χ1) is 39.1. The molecule has 0 spiro atoms. The van der Waals surface area contributed by atoms with E-state index < -0.39 is 86.8 Å². The Balaban J connectivity index is 1.74.